The van der Waals surface area contributed by atoms with Gasteiger partial charge in [-0.25, -0.2) is 4.79 Å². The summed E-state index contributed by atoms with van der Waals surface area (Å²) in [6, 6.07) is 5.28. The fourth-order valence-electron chi connectivity index (χ4n) is 2.27. The van der Waals surface area contributed by atoms with E-state index in [4.69, 9.17) is 18.7 Å². The molecule has 6 nitrogen and oxygen atoms in total. The Hall–Kier alpha value is -2.50. The van der Waals surface area contributed by atoms with Gasteiger partial charge in [0.15, 0.2) is 11.5 Å². The number of nitrogens with zero attached hydrogens (tertiary/aromatic N) is 1. The van der Waals surface area contributed by atoms with Crippen LogP contribution in [0.1, 0.15) is 42.7 Å². The van der Waals surface area contributed by atoms with Crippen LogP contribution >= 0.6 is 0 Å². The van der Waals surface area contributed by atoms with Crippen molar-refractivity contribution >= 4 is 5.97 Å². The highest BCUT2D eigenvalue weighted by Crippen LogP contribution is 2.39. The van der Waals surface area contributed by atoms with Crippen molar-refractivity contribution in [2.75, 3.05) is 20.8 Å². The van der Waals surface area contributed by atoms with Crippen LogP contribution in [-0.2, 0) is 4.74 Å². The minimum absolute atomic E-state index is 0.130. The topological polar surface area (TPSA) is 70.8 Å². The van der Waals surface area contributed by atoms with Crippen LogP contribution in [0, 0.1) is 0 Å². The van der Waals surface area contributed by atoms with Crippen molar-refractivity contribution in [3.05, 3.63) is 29.5 Å². The highest BCUT2D eigenvalue weighted by Gasteiger charge is 2.20. The third-order valence-electron chi connectivity index (χ3n) is 3.43. The smallest absolute Gasteiger partial charge is 0.360 e. The maximum atomic E-state index is 11.7. The average molecular weight is 319 g/mol. The van der Waals surface area contributed by atoms with Gasteiger partial charge in [0.2, 0.25) is 0 Å². The summed E-state index contributed by atoms with van der Waals surface area (Å²) in [5.74, 6) is 1.50. The minimum Gasteiger partial charge on any atom is -0.496 e. The Bertz CT molecular complexity index is 690. The number of methoxy groups -OCH3 is 2. The van der Waals surface area contributed by atoms with Crippen molar-refractivity contribution in [2.24, 2.45) is 0 Å². The van der Waals surface area contributed by atoms with Crippen molar-refractivity contribution in [1.29, 1.82) is 0 Å². The fraction of sp³-hybridized carbons (Fsp3) is 0.412. The van der Waals surface area contributed by atoms with E-state index >= 15 is 0 Å². The van der Waals surface area contributed by atoms with Crippen LogP contribution in [0.3, 0.4) is 0 Å². The van der Waals surface area contributed by atoms with Crippen molar-refractivity contribution in [3.63, 3.8) is 0 Å². The number of ether oxygens (including phenoxy) is 3. The maximum Gasteiger partial charge on any atom is 0.360 e. The molecular formula is C17H21NO5. The zero-order chi connectivity index (χ0) is 17.0. The molecule has 1 heterocycles. The van der Waals surface area contributed by atoms with E-state index < -0.39 is 5.97 Å². The quantitative estimate of drug-likeness (QED) is 0.757. The summed E-state index contributed by atoms with van der Waals surface area (Å²) < 4.78 is 21.0. The monoisotopic (exact) mass is 319 g/mol. The Balaban J connectivity index is 2.49. The van der Waals surface area contributed by atoms with E-state index in [0.29, 0.717) is 17.1 Å². The second-order valence-electron chi connectivity index (χ2n) is 5.25. The Morgan fingerprint density at radius 3 is 2.43 bits per heavy atom. The van der Waals surface area contributed by atoms with Crippen LogP contribution in [0.15, 0.2) is 22.7 Å². The molecule has 2 rings (SSSR count). The summed E-state index contributed by atoms with van der Waals surface area (Å²) in [7, 11) is 3.18. The van der Waals surface area contributed by atoms with Gasteiger partial charge in [0.25, 0.3) is 0 Å². The molecular weight excluding hydrogens is 298 g/mol. The first-order valence-corrected chi connectivity index (χ1v) is 7.41. The molecule has 23 heavy (non-hydrogen) atoms. The molecule has 0 amide bonds. The van der Waals surface area contributed by atoms with Gasteiger partial charge in [0.05, 0.1) is 26.4 Å². The van der Waals surface area contributed by atoms with Gasteiger partial charge in [0.1, 0.15) is 11.5 Å². The molecule has 0 spiro atoms. The standard InChI is InChI=1S/C17H21NO5/c1-6-22-17(19)13-8-16(23-18-13)12-7-11(10(2)3)14(20-4)9-15(12)21-5/h7-10H,6H2,1-5H3. The highest BCUT2D eigenvalue weighted by molar-refractivity contribution is 5.88. The van der Waals surface area contributed by atoms with Crippen LogP contribution in [0.5, 0.6) is 11.5 Å². The molecule has 0 aliphatic rings. The van der Waals surface area contributed by atoms with Gasteiger partial charge in [-0.2, -0.15) is 0 Å². The Morgan fingerprint density at radius 2 is 1.87 bits per heavy atom. The average Bonchev–Trinajstić information content (AvgIpc) is 3.03. The molecule has 0 saturated heterocycles. The first-order valence-electron chi connectivity index (χ1n) is 7.41. The second kappa shape index (κ2) is 7.17. The minimum atomic E-state index is -0.515. The molecule has 0 N–H and O–H groups in total. The summed E-state index contributed by atoms with van der Waals surface area (Å²) in [6.07, 6.45) is 0. The van der Waals surface area contributed by atoms with E-state index in [1.165, 1.54) is 0 Å². The third-order valence-corrected chi connectivity index (χ3v) is 3.43. The molecule has 1 aromatic heterocycles. The zero-order valence-corrected chi connectivity index (χ0v) is 14.0. The van der Waals surface area contributed by atoms with Crippen LogP contribution in [0.2, 0.25) is 0 Å². The molecule has 0 aliphatic heterocycles. The summed E-state index contributed by atoms with van der Waals surface area (Å²) in [6.45, 7) is 6.15. The second-order valence-corrected chi connectivity index (χ2v) is 5.25. The molecule has 0 aliphatic carbocycles. The molecule has 0 fully saturated rings. The number of carbonyl (C=O) groups is 1. The largest absolute Gasteiger partial charge is 0.496 e. The third kappa shape index (κ3) is 3.47. The molecule has 0 atom stereocenters. The van der Waals surface area contributed by atoms with Gasteiger partial charge < -0.3 is 18.7 Å². The van der Waals surface area contributed by atoms with Gasteiger partial charge in [-0.15, -0.1) is 0 Å². The molecule has 2 aromatic rings. The summed E-state index contributed by atoms with van der Waals surface area (Å²) in [4.78, 5) is 11.7. The summed E-state index contributed by atoms with van der Waals surface area (Å²) in [5.41, 5.74) is 1.85. The maximum absolute atomic E-state index is 11.7. The Morgan fingerprint density at radius 1 is 1.17 bits per heavy atom. The van der Waals surface area contributed by atoms with Crippen molar-refractivity contribution in [3.8, 4) is 22.8 Å². The Labute approximate surface area is 135 Å². The lowest BCUT2D eigenvalue weighted by Gasteiger charge is -2.15. The van der Waals surface area contributed by atoms with E-state index in [9.17, 15) is 4.79 Å². The zero-order valence-electron chi connectivity index (χ0n) is 14.0. The molecule has 0 saturated carbocycles. The Kier molecular flexibility index (Phi) is 5.26. The first-order chi connectivity index (χ1) is 11.0. The van der Waals surface area contributed by atoms with E-state index in [1.54, 1.807) is 33.3 Å². The SMILES string of the molecule is CCOC(=O)c1cc(-c2cc(C(C)C)c(OC)cc2OC)on1. The lowest BCUT2D eigenvalue weighted by Crippen LogP contribution is -2.04. The molecule has 6 heteroatoms. The van der Waals surface area contributed by atoms with Gasteiger partial charge in [-0.05, 0) is 24.5 Å². The van der Waals surface area contributed by atoms with Gasteiger partial charge in [-0.3, -0.25) is 0 Å². The van der Waals surface area contributed by atoms with Gasteiger partial charge in [0, 0.05) is 12.1 Å². The predicted molar refractivity (Wildman–Crippen MR) is 85.1 cm³/mol. The van der Waals surface area contributed by atoms with Crippen molar-refractivity contribution in [1.82, 2.24) is 5.16 Å². The summed E-state index contributed by atoms with van der Waals surface area (Å²) in [5, 5.41) is 3.77. The molecule has 0 unspecified atom stereocenters. The summed E-state index contributed by atoms with van der Waals surface area (Å²) >= 11 is 0. The van der Waals surface area contributed by atoms with Crippen LogP contribution in [0.4, 0.5) is 0 Å². The number of aromatic nitrogens is 1. The number of esters is 1. The molecule has 124 valence electrons. The molecule has 0 radical (unpaired) electrons. The highest BCUT2D eigenvalue weighted by atomic mass is 16.5. The van der Waals surface area contributed by atoms with Crippen LogP contribution < -0.4 is 9.47 Å². The predicted octanol–water partition coefficient (Wildman–Crippen LogP) is 3.66. The van der Waals surface area contributed by atoms with Crippen LogP contribution in [0.25, 0.3) is 11.3 Å². The first kappa shape index (κ1) is 16.9. The number of benzene rings is 1. The van der Waals surface area contributed by atoms with Crippen molar-refractivity contribution < 1.29 is 23.5 Å². The lowest BCUT2D eigenvalue weighted by atomic mass is 9.97. The van der Waals surface area contributed by atoms with Crippen LogP contribution in [-0.4, -0.2) is 32.0 Å². The van der Waals surface area contributed by atoms with E-state index in [1.807, 2.05) is 6.07 Å². The fourth-order valence-corrected chi connectivity index (χ4v) is 2.27. The number of rotatable bonds is 6. The lowest BCUT2D eigenvalue weighted by molar-refractivity contribution is 0.0514. The molecule has 1 aromatic carbocycles. The van der Waals surface area contributed by atoms with Gasteiger partial charge in [-0.1, -0.05) is 19.0 Å². The normalized spacial score (nSPS) is 10.7. The number of hydrogen-bond donors (Lipinski definition) is 0. The molecule has 0 bridgehead atoms. The van der Waals surface area contributed by atoms with Crippen molar-refractivity contribution in [2.45, 2.75) is 26.7 Å². The van der Waals surface area contributed by atoms with E-state index in [2.05, 4.69) is 19.0 Å². The van der Waals surface area contributed by atoms with Gasteiger partial charge >= 0.3 is 5.97 Å². The number of carbonyl (C=O) groups excluding carboxylic acids is 1. The number of hydrogen-bond acceptors (Lipinski definition) is 6. The van der Waals surface area contributed by atoms with E-state index in [-0.39, 0.29) is 18.2 Å². The van der Waals surface area contributed by atoms with E-state index in [0.717, 1.165) is 11.3 Å².